The van der Waals surface area contributed by atoms with Crippen molar-refractivity contribution < 1.29 is 9.90 Å². The molecule has 0 amide bonds. The molecular weight excluding hydrogens is 188 g/mol. The Hall–Kier alpha value is -0.970. The van der Waals surface area contributed by atoms with Crippen LogP contribution in [0.2, 0.25) is 0 Å². The molecular formula is C13H22O2. The first-order valence-corrected chi connectivity index (χ1v) is 5.49. The highest BCUT2D eigenvalue weighted by Crippen LogP contribution is 2.23. The van der Waals surface area contributed by atoms with Crippen molar-refractivity contribution in [2.75, 3.05) is 0 Å². The summed E-state index contributed by atoms with van der Waals surface area (Å²) >= 11 is 0. The zero-order chi connectivity index (χ0) is 12.1. The fraction of sp³-hybridized carbons (Fsp3) is 0.769. The van der Waals surface area contributed by atoms with E-state index in [0.717, 1.165) is 19.3 Å². The summed E-state index contributed by atoms with van der Waals surface area (Å²) < 4.78 is 0. The van der Waals surface area contributed by atoms with Gasteiger partial charge in [0.1, 0.15) is 5.41 Å². The van der Waals surface area contributed by atoms with Crippen molar-refractivity contribution in [3.05, 3.63) is 0 Å². The minimum absolute atomic E-state index is 0.0806. The molecule has 15 heavy (non-hydrogen) atoms. The highest BCUT2D eigenvalue weighted by Gasteiger charge is 2.25. The van der Waals surface area contributed by atoms with Gasteiger partial charge in [0, 0.05) is 5.41 Å². The molecule has 0 radical (unpaired) electrons. The van der Waals surface area contributed by atoms with E-state index in [0.29, 0.717) is 0 Å². The van der Waals surface area contributed by atoms with Gasteiger partial charge in [-0.3, -0.25) is 4.79 Å². The first-order valence-electron chi connectivity index (χ1n) is 5.49. The van der Waals surface area contributed by atoms with Crippen molar-refractivity contribution >= 4 is 5.97 Å². The lowest BCUT2D eigenvalue weighted by Gasteiger charge is -2.18. The first-order chi connectivity index (χ1) is 6.71. The zero-order valence-corrected chi connectivity index (χ0v) is 10.5. The Kier molecular flexibility index (Phi) is 4.87. The van der Waals surface area contributed by atoms with Crippen LogP contribution in [0.25, 0.3) is 0 Å². The molecule has 86 valence electrons. The van der Waals surface area contributed by atoms with Crippen LogP contribution in [-0.4, -0.2) is 11.1 Å². The van der Waals surface area contributed by atoms with Gasteiger partial charge >= 0.3 is 5.97 Å². The summed E-state index contributed by atoms with van der Waals surface area (Å²) in [7, 11) is 0. The van der Waals surface area contributed by atoms with Crippen LogP contribution in [0.1, 0.15) is 53.9 Å². The van der Waals surface area contributed by atoms with Crippen molar-refractivity contribution in [3.63, 3.8) is 0 Å². The number of hydrogen-bond donors (Lipinski definition) is 1. The van der Waals surface area contributed by atoms with Gasteiger partial charge in [-0.05, 0) is 34.1 Å². The van der Waals surface area contributed by atoms with E-state index in [2.05, 4.69) is 32.6 Å². The second kappa shape index (κ2) is 5.21. The Morgan fingerprint density at radius 1 is 1.20 bits per heavy atom. The fourth-order valence-electron chi connectivity index (χ4n) is 1.06. The van der Waals surface area contributed by atoms with Crippen LogP contribution < -0.4 is 0 Å². The lowest BCUT2D eigenvalue weighted by molar-refractivity contribution is -0.143. The topological polar surface area (TPSA) is 37.3 Å². The van der Waals surface area contributed by atoms with Crippen molar-refractivity contribution in [1.29, 1.82) is 0 Å². The standard InChI is InChI=1S/C13H22O2/c1-6-7-8-12(2,3)9-10-13(4,5)11(14)15/h6-8H2,1-5H3,(H,14,15). The fourth-order valence-corrected chi connectivity index (χ4v) is 1.06. The van der Waals surface area contributed by atoms with E-state index < -0.39 is 11.4 Å². The average molecular weight is 210 g/mol. The third-order valence-electron chi connectivity index (χ3n) is 2.40. The summed E-state index contributed by atoms with van der Waals surface area (Å²) in [6, 6.07) is 0. The highest BCUT2D eigenvalue weighted by molar-refractivity contribution is 5.77. The molecule has 0 fully saturated rings. The molecule has 2 heteroatoms. The van der Waals surface area contributed by atoms with E-state index in [1.54, 1.807) is 13.8 Å². The molecule has 0 aromatic rings. The third-order valence-corrected chi connectivity index (χ3v) is 2.40. The SMILES string of the molecule is CCCCC(C)(C)C#CC(C)(C)C(=O)O. The number of unbranched alkanes of at least 4 members (excludes halogenated alkanes) is 1. The van der Waals surface area contributed by atoms with Crippen LogP contribution in [-0.2, 0) is 4.79 Å². The zero-order valence-electron chi connectivity index (χ0n) is 10.5. The van der Waals surface area contributed by atoms with Crippen LogP contribution in [0.3, 0.4) is 0 Å². The molecule has 0 aliphatic heterocycles. The monoisotopic (exact) mass is 210 g/mol. The quantitative estimate of drug-likeness (QED) is 0.723. The van der Waals surface area contributed by atoms with Crippen LogP contribution in [0.15, 0.2) is 0 Å². The van der Waals surface area contributed by atoms with E-state index in [-0.39, 0.29) is 5.41 Å². The van der Waals surface area contributed by atoms with Crippen molar-refractivity contribution in [3.8, 4) is 11.8 Å². The van der Waals surface area contributed by atoms with Gasteiger partial charge in [0.25, 0.3) is 0 Å². The van der Waals surface area contributed by atoms with Crippen LogP contribution in [0, 0.1) is 22.7 Å². The van der Waals surface area contributed by atoms with E-state index in [1.165, 1.54) is 0 Å². The third kappa shape index (κ3) is 5.47. The largest absolute Gasteiger partial charge is 0.480 e. The molecule has 0 aromatic carbocycles. The highest BCUT2D eigenvalue weighted by atomic mass is 16.4. The number of carboxylic acids is 1. The molecule has 0 saturated carbocycles. The van der Waals surface area contributed by atoms with Gasteiger partial charge in [-0.15, -0.1) is 0 Å². The minimum Gasteiger partial charge on any atom is -0.480 e. The Bertz CT molecular complexity index is 277. The molecule has 0 aliphatic rings. The van der Waals surface area contributed by atoms with Gasteiger partial charge in [0.05, 0.1) is 0 Å². The minimum atomic E-state index is -0.941. The molecule has 0 spiro atoms. The van der Waals surface area contributed by atoms with Gasteiger partial charge in [-0.25, -0.2) is 0 Å². The first kappa shape index (κ1) is 14.0. The van der Waals surface area contributed by atoms with Crippen molar-refractivity contribution in [2.24, 2.45) is 10.8 Å². The Balaban J connectivity index is 4.56. The van der Waals surface area contributed by atoms with Gasteiger partial charge in [0.2, 0.25) is 0 Å². The van der Waals surface area contributed by atoms with Crippen molar-refractivity contribution in [1.82, 2.24) is 0 Å². The molecule has 0 rings (SSSR count). The predicted molar refractivity (Wildman–Crippen MR) is 62.5 cm³/mol. The number of carbonyl (C=O) groups is 1. The van der Waals surface area contributed by atoms with E-state index in [1.807, 2.05) is 0 Å². The second-order valence-corrected chi connectivity index (χ2v) is 5.17. The number of carboxylic acid groups (broad SMARTS) is 1. The summed E-state index contributed by atoms with van der Waals surface area (Å²) in [5.41, 5.74) is -1.02. The maximum atomic E-state index is 10.8. The summed E-state index contributed by atoms with van der Waals surface area (Å²) in [6.45, 7) is 9.54. The summed E-state index contributed by atoms with van der Waals surface area (Å²) in [5, 5.41) is 8.91. The molecule has 0 saturated heterocycles. The van der Waals surface area contributed by atoms with E-state index in [9.17, 15) is 4.79 Å². The van der Waals surface area contributed by atoms with Crippen LogP contribution in [0.5, 0.6) is 0 Å². The molecule has 1 N–H and O–H groups in total. The van der Waals surface area contributed by atoms with Gasteiger partial charge < -0.3 is 5.11 Å². The normalized spacial score (nSPS) is 11.8. The summed E-state index contributed by atoms with van der Waals surface area (Å²) in [6.07, 6.45) is 3.30. The molecule has 0 aromatic heterocycles. The smallest absolute Gasteiger partial charge is 0.321 e. The summed E-state index contributed by atoms with van der Waals surface area (Å²) in [4.78, 5) is 10.8. The maximum absolute atomic E-state index is 10.8. The van der Waals surface area contributed by atoms with Crippen molar-refractivity contribution in [2.45, 2.75) is 53.9 Å². The molecule has 0 heterocycles. The van der Waals surface area contributed by atoms with E-state index in [4.69, 9.17) is 5.11 Å². The number of hydrogen-bond acceptors (Lipinski definition) is 1. The lowest BCUT2D eigenvalue weighted by Crippen LogP contribution is -2.22. The van der Waals surface area contributed by atoms with Crippen LogP contribution in [0.4, 0.5) is 0 Å². The van der Waals surface area contributed by atoms with E-state index >= 15 is 0 Å². The number of rotatable bonds is 4. The predicted octanol–water partition coefficient (Wildman–Crippen LogP) is 3.32. The lowest BCUT2D eigenvalue weighted by atomic mass is 9.85. The second-order valence-electron chi connectivity index (χ2n) is 5.17. The van der Waals surface area contributed by atoms with Crippen LogP contribution >= 0.6 is 0 Å². The molecule has 0 atom stereocenters. The van der Waals surface area contributed by atoms with Gasteiger partial charge in [0.15, 0.2) is 0 Å². The Labute approximate surface area is 93.1 Å². The molecule has 0 unspecified atom stereocenters. The average Bonchev–Trinajstić information content (AvgIpc) is 2.12. The van der Waals surface area contributed by atoms with Gasteiger partial charge in [-0.1, -0.05) is 31.6 Å². The Morgan fingerprint density at radius 2 is 1.73 bits per heavy atom. The van der Waals surface area contributed by atoms with Gasteiger partial charge in [-0.2, -0.15) is 0 Å². The maximum Gasteiger partial charge on any atom is 0.321 e. The molecule has 2 nitrogen and oxygen atoms in total. The molecule has 0 aliphatic carbocycles. The Morgan fingerprint density at radius 3 is 2.13 bits per heavy atom. The summed E-state index contributed by atoms with van der Waals surface area (Å²) in [5.74, 6) is 5.08. The number of aliphatic carboxylic acids is 1. The molecule has 0 bridgehead atoms.